The van der Waals surface area contributed by atoms with Crippen molar-refractivity contribution in [2.24, 2.45) is 0 Å². The lowest BCUT2D eigenvalue weighted by molar-refractivity contribution is -0.145. The molecule has 0 radical (unpaired) electrons. The van der Waals surface area contributed by atoms with Crippen molar-refractivity contribution in [1.29, 1.82) is 0 Å². The molecule has 0 aromatic rings. The van der Waals surface area contributed by atoms with Crippen LogP contribution in [0.1, 0.15) is 78.1 Å². The molecule has 0 amide bonds. The highest BCUT2D eigenvalue weighted by Crippen LogP contribution is 2.07. The Hall–Kier alpha value is -0.770. The van der Waals surface area contributed by atoms with Gasteiger partial charge in [-0.1, -0.05) is 45.4 Å². The summed E-state index contributed by atoms with van der Waals surface area (Å²) in [4.78, 5) is 22.8. The fourth-order valence-corrected chi connectivity index (χ4v) is 2.04. The first-order valence-electron chi connectivity index (χ1n) is 8.51. The van der Waals surface area contributed by atoms with Gasteiger partial charge < -0.3 is 9.47 Å². The molecule has 0 aliphatic heterocycles. The van der Waals surface area contributed by atoms with Gasteiger partial charge in [-0.15, -0.1) is 11.6 Å². The molecule has 1 atom stereocenters. The number of unbranched alkanes of at least 4 members (excludes halogenated alkanes) is 6. The largest absolute Gasteiger partial charge is 0.466 e. The Labute approximate surface area is 139 Å². The summed E-state index contributed by atoms with van der Waals surface area (Å²) in [5.41, 5.74) is 0. The van der Waals surface area contributed by atoms with Gasteiger partial charge in [0.15, 0.2) is 0 Å². The molecule has 0 heterocycles. The van der Waals surface area contributed by atoms with Crippen LogP contribution in [0.2, 0.25) is 0 Å². The van der Waals surface area contributed by atoms with E-state index in [-0.39, 0.29) is 36.8 Å². The molecule has 5 heteroatoms. The van der Waals surface area contributed by atoms with Crippen molar-refractivity contribution in [1.82, 2.24) is 0 Å². The lowest BCUT2D eigenvalue weighted by Gasteiger charge is -2.06. The summed E-state index contributed by atoms with van der Waals surface area (Å²) in [5, 5.41) is -0.184. The number of rotatable bonds is 14. The Morgan fingerprint density at radius 3 is 2.00 bits per heavy atom. The highest BCUT2D eigenvalue weighted by atomic mass is 35.5. The van der Waals surface area contributed by atoms with Gasteiger partial charge in [0.2, 0.25) is 0 Å². The fourth-order valence-electron chi connectivity index (χ4n) is 1.97. The molecule has 0 bridgehead atoms. The van der Waals surface area contributed by atoms with E-state index in [4.69, 9.17) is 21.1 Å². The summed E-state index contributed by atoms with van der Waals surface area (Å²) >= 11 is 5.67. The van der Waals surface area contributed by atoms with Crippen LogP contribution >= 0.6 is 11.6 Å². The molecule has 0 aliphatic rings. The zero-order valence-corrected chi connectivity index (χ0v) is 14.8. The van der Waals surface area contributed by atoms with Gasteiger partial charge in [0.1, 0.15) is 6.61 Å². The average molecular weight is 335 g/mol. The van der Waals surface area contributed by atoms with Gasteiger partial charge in [0.05, 0.1) is 12.0 Å². The van der Waals surface area contributed by atoms with E-state index in [9.17, 15) is 9.59 Å². The number of alkyl halides is 1. The van der Waals surface area contributed by atoms with Gasteiger partial charge in [-0.25, -0.2) is 0 Å². The standard InChI is InChI=1S/C17H31ClO4/c1-3-4-5-6-7-8-9-13-21-16(19)11-10-12-17(20)22-14-15(2)18/h15H,3-14H2,1-2H3. The zero-order chi connectivity index (χ0) is 16.6. The molecule has 22 heavy (non-hydrogen) atoms. The lowest BCUT2D eigenvalue weighted by Crippen LogP contribution is -2.12. The Morgan fingerprint density at radius 2 is 1.41 bits per heavy atom. The summed E-state index contributed by atoms with van der Waals surface area (Å²) in [6.45, 7) is 4.66. The van der Waals surface area contributed by atoms with Gasteiger partial charge in [-0.3, -0.25) is 9.59 Å². The molecule has 0 aromatic heterocycles. The molecule has 0 spiro atoms. The summed E-state index contributed by atoms with van der Waals surface area (Å²) in [6.07, 6.45) is 9.34. The summed E-state index contributed by atoms with van der Waals surface area (Å²) in [6, 6.07) is 0. The first kappa shape index (κ1) is 21.2. The Morgan fingerprint density at radius 1 is 0.864 bits per heavy atom. The molecule has 0 aromatic carbocycles. The lowest BCUT2D eigenvalue weighted by atomic mass is 10.1. The van der Waals surface area contributed by atoms with Crippen molar-refractivity contribution in [3.63, 3.8) is 0 Å². The third-order valence-corrected chi connectivity index (χ3v) is 3.37. The Balaban J connectivity index is 3.34. The molecule has 0 saturated carbocycles. The van der Waals surface area contributed by atoms with Crippen LogP contribution in [-0.2, 0) is 19.1 Å². The molecule has 0 aliphatic carbocycles. The molecule has 0 fully saturated rings. The van der Waals surface area contributed by atoms with Gasteiger partial charge in [0.25, 0.3) is 0 Å². The quantitative estimate of drug-likeness (QED) is 0.264. The Kier molecular flexibility index (Phi) is 14.6. The average Bonchev–Trinajstić information content (AvgIpc) is 2.48. The van der Waals surface area contributed by atoms with Crippen LogP contribution in [0.4, 0.5) is 0 Å². The Bertz CT molecular complexity index is 292. The number of carbonyl (C=O) groups is 2. The normalized spacial score (nSPS) is 12.0. The number of ether oxygens (including phenoxy) is 2. The summed E-state index contributed by atoms with van der Waals surface area (Å²) in [5.74, 6) is -0.545. The minimum Gasteiger partial charge on any atom is -0.466 e. The van der Waals surface area contributed by atoms with Crippen LogP contribution in [0.25, 0.3) is 0 Å². The van der Waals surface area contributed by atoms with E-state index in [1.54, 1.807) is 6.92 Å². The van der Waals surface area contributed by atoms with Gasteiger partial charge in [0, 0.05) is 12.8 Å². The predicted molar refractivity (Wildman–Crippen MR) is 89.1 cm³/mol. The highest BCUT2D eigenvalue weighted by molar-refractivity contribution is 6.20. The van der Waals surface area contributed by atoms with E-state index in [1.807, 2.05) is 0 Å². The smallest absolute Gasteiger partial charge is 0.305 e. The van der Waals surface area contributed by atoms with Crippen molar-refractivity contribution in [3.05, 3.63) is 0 Å². The van der Waals surface area contributed by atoms with Crippen LogP contribution < -0.4 is 0 Å². The van der Waals surface area contributed by atoms with E-state index in [0.29, 0.717) is 13.0 Å². The highest BCUT2D eigenvalue weighted by Gasteiger charge is 2.08. The molecule has 4 nitrogen and oxygen atoms in total. The van der Waals surface area contributed by atoms with E-state index >= 15 is 0 Å². The number of hydrogen-bond acceptors (Lipinski definition) is 4. The molecule has 0 saturated heterocycles. The van der Waals surface area contributed by atoms with Gasteiger partial charge >= 0.3 is 11.9 Å². The second-order valence-electron chi connectivity index (χ2n) is 5.66. The van der Waals surface area contributed by atoms with Crippen molar-refractivity contribution in [3.8, 4) is 0 Å². The van der Waals surface area contributed by atoms with Crippen LogP contribution in [0.5, 0.6) is 0 Å². The SMILES string of the molecule is CCCCCCCCCOC(=O)CCCC(=O)OCC(C)Cl. The van der Waals surface area contributed by atoms with Crippen LogP contribution in [0, 0.1) is 0 Å². The first-order chi connectivity index (χ1) is 10.6. The number of carbonyl (C=O) groups excluding carboxylic acids is 2. The molecular formula is C17H31ClO4. The zero-order valence-electron chi connectivity index (χ0n) is 14.1. The minimum atomic E-state index is -0.313. The predicted octanol–water partition coefficient (Wildman–Crippen LogP) is 4.62. The van der Waals surface area contributed by atoms with Crippen LogP contribution in [-0.4, -0.2) is 30.5 Å². The van der Waals surface area contributed by atoms with Crippen molar-refractivity contribution >= 4 is 23.5 Å². The molecule has 0 N–H and O–H groups in total. The topological polar surface area (TPSA) is 52.6 Å². The van der Waals surface area contributed by atoms with Crippen molar-refractivity contribution < 1.29 is 19.1 Å². The van der Waals surface area contributed by atoms with Crippen LogP contribution in [0.3, 0.4) is 0 Å². The van der Waals surface area contributed by atoms with E-state index in [2.05, 4.69) is 6.92 Å². The maximum atomic E-state index is 11.5. The van der Waals surface area contributed by atoms with Crippen molar-refractivity contribution in [2.45, 2.75) is 83.4 Å². The second-order valence-corrected chi connectivity index (χ2v) is 6.40. The molecule has 0 rings (SSSR count). The molecule has 1 unspecified atom stereocenters. The number of esters is 2. The first-order valence-corrected chi connectivity index (χ1v) is 8.95. The maximum Gasteiger partial charge on any atom is 0.305 e. The summed E-state index contributed by atoms with van der Waals surface area (Å²) in [7, 11) is 0. The molecular weight excluding hydrogens is 304 g/mol. The third kappa shape index (κ3) is 15.6. The van der Waals surface area contributed by atoms with Crippen molar-refractivity contribution in [2.75, 3.05) is 13.2 Å². The summed E-state index contributed by atoms with van der Waals surface area (Å²) < 4.78 is 10.1. The maximum absolute atomic E-state index is 11.5. The second kappa shape index (κ2) is 15.1. The van der Waals surface area contributed by atoms with Crippen LogP contribution in [0.15, 0.2) is 0 Å². The molecule has 130 valence electrons. The van der Waals surface area contributed by atoms with Gasteiger partial charge in [-0.2, -0.15) is 0 Å². The minimum absolute atomic E-state index is 0.184. The number of halogens is 1. The van der Waals surface area contributed by atoms with E-state index < -0.39 is 0 Å². The monoisotopic (exact) mass is 334 g/mol. The van der Waals surface area contributed by atoms with E-state index in [0.717, 1.165) is 12.8 Å². The third-order valence-electron chi connectivity index (χ3n) is 3.25. The fraction of sp³-hybridized carbons (Fsp3) is 0.882. The van der Waals surface area contributed by atoms with E-state index in [1.165, 1.54) is 32.1 Å². The van der Waals surface area contributed by atoms with Gasteiger partial charge in [-0.05, 0) is 19.8 Å². The number of hydrogen-bond donors (Lipinski definition) is 0.